The number of benzene rings is 1. The van der Waals surface area contributed by atoms with E-state index in [1.807, 2.05) is 0 Å². The van der Waals surface area contributed by atoms with Gasteiger partial charge in [-0.15, -0.1) is 0 Å². The fourth-order valence-corrected chi connectivity index (χ4v) is 0.704. The molecular weight excluding hydrogens is 176 g/mol. The number of nitrogens with two attached hydrogens (primary N) is 1. The molecule has 0 aliphatic carbocycles. The molecule has 0 aromatic heterocycles. The summed E-state index contributed by atoms with van der Waals surface area (Å²) in [5.74, 6) is -2.72. The van der Waals surface area contributed by atoms with Crippen molar-refractivity contribution in [3.05, 3.63) is 23.8 Å². The lowest BCUT2D eigenvalue weighted by atomic mass is 10.2. The van der Waals surface area contributed by atoms with Crippen molar-refractivity contribution in [1.29, 1.82) is 0 Å². The number of nitrogen functional groups attached to an aromatic ring is 1. The maximum absolute atomic E-state index is 12.5. The van der Waals surface area contributed by atoms with Crippen LogP contribution in [0.3, 0.4) is 0 Å². The maximum atomic E-state index is 12.5. The van der Waals surface area contributed by atoms with Gasteiger partial charge in [-0.3, -0.25) is 0 Å². The monoisotopic (exact) mass is 180 g/mol. The summed E-state index contributed by atoms with van der Waals surface area (Å²) in [6.45, 7) is 0. The molecule has 0 aliphatic heterocycles. The zero-order valence-corrected chi connectivity index (χ0v) is 5.69. The second-order valence-electron chi connectivity index (χ2n) is 2.03. The van der Waals surface area contributed by atoms with E-state index in [1.165, 1.54) is 0 Å². The van der Waals surface area contributed by atoms with Gasteiger partial charge in [0, 0.05) is 0 Å². The highest BCUT2D eigenvalue weighted by molar-refractivity contribution is 5.65. The van der Waals surface area contributed by atoms with Gasteiger partial charge in [-0.2, -0.15) is 0 Å². The molecule has 0 unspecified atom stereocenters. The molecule has 0 saturated heterocycles. The number of anilines is 2. The third kappa shape index (κ3) is 1.27. The molecule has 0 bridgehead atoms. The molecule has 1 rings (SSSR count). The molecule has 0 spiro atoms. The SMILES string of the molecule is Nc1c(N(F)F)ccc(F)c1F. The molecular formula is C6H4F4N2. The van der Waals surface area contributed by atoms with E-state index in [2.05, 4.69) is 0 Å². The van der Waals surface area contributed by atoms with Crippen molar-refractivity contribution < 1.29 is 17.7 Å². The molecule has 12 heavy (non-hydrogen) atoms. The summed E-state index contributed by atoms with van der Waals surface area (Å²) in [5.41, 5.74) is 3.09. The Hall–Kier alpha value is -1.46. The van der Waals surface area contributed by atoms with Crippen LogP contribution in [0.2, 0.25) is 0 Å². The summed E-state index contributed by atoms with van der Waals surface area (Å²) >= 11 is 0. The van der Waals surface area contributed by atoms with E-state index in [0.29, 0.717) is 12.1 Å². The molecule has 0 radical (unpaired) electrons. The minimum atomic E-state index is -1.46. The fraction of sp³-hybridized carbons (Fsp3) is 0. The number of halogens is 4. The molecule has 0 amide bonds. The Bertz CT molecular complexity index is 300. The quantitative estimate of drug-likeness (QED) is 0.407. The van der Waals surface area contributed by atoms with Crippen LogP contribution in [0.1, 0.15) is 0 Å². The summed E-state index contributed by atoms with van der Waals surface area (Å²) in [6.07, 6.45) is 0. The van der Waals surface area contributed by atoms with Crippen LogP contribution >= 0.6 is 0 Å². The average molecular weight is 180 g/mol. The minimum absolute atomic E-state index is 0.577. The minimum Gasteiger partial charge on any atom is -0.394 e. The highest BCUT2D eigenvalue weighted by Crippen LogP contribution is 2.27. The standard InChI is InChI=1S/C6H4F4N2/c7-3-1-2-4(12(9)10)6(11)5(3)8/h1-2H,11H2. The van der Waals surface area contributed by atoms with Gasteiger partial charge in [-0.25, -0.2) is 8.78 Å². The van der Waals surface area contributed by atoms with Crippen molar-refractivity contribution >= 4 is 11.4 Å². The van der Waals surface area contributed by atoms with E-state index in [1.54, 1.807) is 0 Å². The van der Waals surface area contributed by atoms with E-state index in [4.69, 9.17) is 5.73 Å². The smallest absolute Gasteiger partial charge is 0.183 e. The lowest BCUT2D eigenvalue weighted by molar-refractivity contribution is 0.235. The first-order chi connectivity index (χ1) is 5.54. The first-order valence-electron chi connectivity index (χ1n) is 2.89. The van der Waals surface area contributed by atoms with Crippen molar-refractivity contribution in [1.82, 2.24) is 0 Å². The summed E-state index contributed by atoms with van der Waals surface area (Å²) in [6, 6.07) is 1.26. The van der Waals surface area contributed by atoms with Crippen molar-refractivity contribution in [2.45, 2.75) is 0 Å². The Morgan fingerprint density at radius 2 is 1.75 bits per heavy atom. The Labute approximate surface area is 65.1 Å². The Morgan fingerprint density at radius 1 is 1.17 bits per heavy atom. The molecule has 0 aliphatic rings. The van der Waals surface area contributed by atoms with Gasteiger partial charge in [0.15, 0.2) is 11.6 Å². The lowest BCUT2D eigenvalue weighted by Crippen LogP contribution is -2.04. The van der Waals surface area contributed by atoms with E-state index in [9.17, 15) is 17.7 Å². The van der Waals surface area contributed by atoms with Crippen LogP contribution in [-0.2, 0) is 0 Å². The maximum Gasteiger partial charge on any atom is 0.183 e. The van der Waals surface area contributed by atoms with Crippen LogP contribution in [0.15, 0.2) is 12.1 Å². The number of nitrogens with zero attached hydrogens (tertiary/aromatic N) is 1. The van der Waals surface area contributed by atoms with Crippen LogP contribution in [0.4, 0.5) is 29.1 Å². The largest absolute Gasteiger partial charge is 0.394 e. The molecule has 66 valence electrons. The summed E-state index contributed by atoms with van der Waals surface area (Å²) in [7, 11) is 0. The van der Waals surface area contributed by atoms with Gasteiger partial charge in [0.05, 0.1) is 0 Å². The first-order valence-corrected chi connectivity index (χ1v) is 2.89. The highest BCUT2D eigenvalue weighted by Gasteiger charge is 2.15. The van der Waals surface area contributed by atoms with E-state index in [-0.39, 0.29) is 0 Å². The first kappa shape index (κ1) is 8.63. The molecule has 2 nitrogen and oxygen atoms in total. The van der Waals surface area contributed by atoms with Gasteiger partial charge < -0.3 is 5.73 Å². The predicted octanol–water partition coefficient (Wildman–Crippen LogP) is 2.12. The van der Waals surface area contributed by atoms with Gasteiger partial charge in [0.2, 0.25) is 0 Å². The van der Waals surface area contributed by atoms with E-state index < -0.39 is 28.4 Å². The molecule has 2 N–H and O–H groups in total. The zero-order valence-electron chi connectivity index (χ0n) is 5.69. The topological polar surface area (TPSA) is 29.3 Å². The molecule has 0 atom stereocenters. The van der Waals surface area contributed by atoms with Gasteiger partial charge in [0.25, 0.3) is 0 Å². The second kappa shape index (κ2) is 2.88. The number of hydrogen-bond acceptors (Lipinski definition) is 2. The van der Waals surface area contributed by atoms with Crippen molar-refractivity contribution in [3.8, 4) is 0 Å². The third-order valence-corrected chi connectivity index (χ3v) is 1.29. The van der Waals surface area contributed by atoms with E-state index in [0.717, 1.165) is 0 Å². The van der Waals surface area contributed by atoms with Gasteiger partial charge in [0.1, 0.15) is 11.4 Å². The summed E-state index contributed by atoms with van der Waals surface area (Å²) in [4.78, 5) is 0. The van der Waals surface area contributed by atoms with Crippen LogP contribution in [-0.4, -0.2) is 0 Å². The molecule has 1 aromatic carbocycles. The van der Waals surface area contributed by atoms with Crippen LogP contribution in [0.25, 0.3) is 0 Å². The molecule has 0 heterocycles. The number of hydrogen-bond donors (Lipinski definition) is 1. The van der Waals surface area contributed by atoms with Gasteiger partial charge >= 0.3 is 0 Å². The van der Waals surface area contributed by atoms with Crippen LogP contribution in [0, 0.1) is 11.6 Å². The normalized spacial score (nSPS) is 10.0. The molecule has 6 heteroatoms. The zero-order chi connectivity index (χ0) is 9.30. The fourth-order valence-electron chi connectivity index (χ4n) is 0.704. The Balaban J connectivity index is 3.27. The van der Waals surface area contributed by atoms with Crippen LogP contribution in [0.5, 0.6) is 0 Å². The van der Waals surface area contributed by atoms with Crippen LogP contribution < -0.4 is 11.1 Å². The predicted molar refractivity (Wildman–Crippen MR) is 35.5 cm³/mol. The summed E-state index contributed by atoms with van der Waals surface area (Å²) in [5, 5.41) is -1.38. The Morgan fingerprint density at radius 3 is 2.25 bits per heavy atom. The molecule has 0 saturated carbocycles. The molecule has 1 aromatic rings. The second-order valence-corrected chi connectivity index (χ2v) is 2.03. The van der Waals surface area contributed by atoms with Gasteiger partial charge in [-0.1, -0.05) is 8.96 Å². The molecule has 0 fully saturated rings. The highest BCUT2D eigenvalue weighted by atomic mass is 19.4. The van der Waals surface area contributed by atoms with Crippen molar-refractivity contribution in [2.75, 3.05) is 11.1 Å². The summed E-state index contributed by atoms with van der Waals surface area (Å²) < 4.78 is 48.4. The third-order valence-electron chi connectivity index (χ3n) is 1.29. The van der Waals surface area contributed by atoms with Gasteiger partial charge in [-0.05, 0) is 17.5 Å². The van der Waals surface area contributed by atoms with E-state index >= 15 is 0 Å². The lowest BCUT2D eigenvalue weighted by Gasteiger charge is -2.06. The Kier molecular flexibility index (Phi) is 2.07. The van der Waals surface area contributed by atoms with Crippen molar-refractivity contribution in [2.24, 2.45) is 0 Å². The average Bonchev–Trinajstić information content (AvgIpc) is 2.00. The number of rotatable bonds is 1. The van der Waals surface area contributed by atoms with Crippen molar-refractivity contribution in [3.63, 3.8) is 0 Å².